The summed E-state index contributed by atoms with van der Waals surface area (Å²) >= 11 is 0. The Hall–Kier alpha value is -2.83. The van der Waals surface area contributed by atoms with Crippen molar-refractivity contribution in [3.8, 4) is 5.75 Å². The van der Waals surface area contributed by atoms with Crippen molar-refractivity contribution >= 4 is 11.8 Å². The average molecular weight is 383 g/mol. The van der Waals surface area contributed by atoms with Crippen LogP contribution in [0.1, 0.15) is 46.6 Å². The number of piperidine rings is 1. The summed E-state index contributed by atoms with van der Waals surface area (Å²) in [5.41, 5.74) is 0.620. The summed E-state index contributed by atoms with van der Waals surface area (Å²) in [7, 11) is 0. The fraction of sp³-hybridized carbons (Fsp3) is 0.476. The van der Waals surface area contributed by atoms with Gasteiger partial charge >= 0.3 is 0 Å². The number of nitrogens with zero attached hydrogens (tertiary/aromatic N) is 3. The highest BCUT2D eigenvalue weighted by molar-refractivity contribution is 5.97. The molecule has 1 aromatic carbocycles. The number of carbonyl (C=O) groups is 2. The molecule has 0 radical (unpaired) electrons. The van der Waals surface area contributed by atoms with Gasteiger partial charge in [-0.2, -0.15) is 0 Å². The molecule has 4 rings (SSSR count). The van der Waals surface area contributed by atoms with Crippen LogP contribution in [-0.4, -0.2) is 59.4 Å². The number of para-hydroxylation sites is 1. The van der Waals surface area contributed by atoms with Crippen molar-refractivity contribution < 1.29 is 18.7 Å². The van der Waals surface area contributed by atoms with Crippen LogP contribution in [0.2, 0.25) is 0 Å². The van der Waals surface area contributed by atoms with Crippen molar-refractivity contribution in [2.75, 3.05) is 32.8 Å². The zero-order valence-electron chi connectivity index (χ0n) is 15.9. The van der Waals surface area contributed by atoms with E-state index in [1.54, 1.807) is 4.90 Å². The Balaban J connectivity index is 1.38. The molecule has 2 saturated heterocycles. The standard InChI is InChI=1S/C21H25N3O4/c25-20(23-9-3-4-10-23)17-7-1-2-8-18(17)27-14-16-6-5-11-24(13-16)21(26)19-12-22-15-28-19/h1-2,7-8,12,15-16H,3-6,9-11,13-14H2. The van der Waals surface area contributed by atoms with Gasteiger partial charge in [0.15, 0.2) is 6.39 Å². The number of ether oxygens (including phenoxy) is 1. The molecule has 0 N–H and O–H groups in total. The number of amides is 2. The zero-order valence-corrected chi connectivity index (χ0v) is 15.9. The molecular formula is C21H25N3O4. The van der Waals surface area contributed by atoms with Gasteiger partial charge in [0.05, 0.1) is 18.4 Å². The maximum atomic E-state index is 12.8. The Morgan fingerprint density at radius 3 is 2.64 bits per heavy atom. The number of aromatic nitrogens is 1. The summed E-state index contributed by atoms with van der Waals surface area (Å²) in [6.07, 6.45) is 6.75. The third-order valence-corrected chi connectivity index (χ3v) is 5.43. The van der Waals surface area contributed by atoms with Crippen LogP contribution < -0.4 is 4.74 Å². The van der Waals surface area contributed by atoms with E-state index in [4.69, 9.17) is 9.15 Å². The number of rotatable bonds is 5. The van der Waals surface area contributed by atoms with Gasteiger partial charge in [-0.05, 0) is 37.8 Å². The minimum absolute atomic E-state index is 0.0406. The van der Waals surface area contributed by atoms with Crippen LogP contribution in [0.3, 0.4) is 0 Å². The number of hydrogen-bond acceptors (Lipinski definition) is 5. The SMILES string of the molecule is O=C(c1cnco1)N1CCCC(COc2ccccc2C(=O)N2CCCC2)C1. The Morgan fingerprint density at radius 2 is 1.86 bits per heavy atom. The Kier molecular flexibility index (Phi) is 5.60. The van der Waals surface area contributed by atoms with Crippen molar-refractivity contribution in [3.63, 3.8) is 0 Å². The second-order valence-corrected chi connectivity index (χ2v) is 7.43. The number of carbonyl (C=O) groups excluding carboxylic acids is 2. The molecule has 1 aromatic heterocycles. The van der Waals surface area contributed by atoms with Gasteiger partial charge in [-0.25, -0.2) is 4.98 Å². The molecule has 0 aliphatic carbocycles. The Labute approximate surface area is 164 Å². The normalized spacial score (nSPS) is 19.6. The lowest BCUT2D eigenvalue weighted by Crippen LogP contribution is -2.41. The van der Waals surface area contributed by atoms with Crippen LogP contribution in [0.15, 0.2) is 41.3 Å². The van der Waals surface area contributed by atoms with E-state index < -0.39 is 0 Å². The molecule has 2 aromatic rings. The predicted molar refractivity (Wildman–Crippen MR) is 102 cm³/mol. The van der Waals surface area contributed by atoms with Gasteiger partial charge < -0.3 is 19.0 Å². The quantitative estimate of drug-likeness (QED) is 0.794. The average Bonchev–Trinajstić information content (AvgIpc) is 3.46. The smallest absolute Gasteiger partial charge is 0.291 e. The van der Waals surface area contributed by atoms with Crippen molar-refractivity contribution in [3.05, 3.63) is 48.2 Å². The molecule has 28 heavy (non-hydrogen) atoms. The van der Waals surface area contributed by atoms with Crippen molar-refractivity contribution in [2.45, 2.75) is 25.7 Å². The summed E-state index contributed by atoms with van der Waals surface area (Å²) < 4.78 is 11.2. The fourth-order valence-electron chi connectivity index (χ4n) is 3.93. The highest BCUT2D eigenvalue weighted by Gasteiger charge is 2.27. The molecule has 7 nitrogen and oxygen atoms in total. The fourth-order valence-corrected chi connectivity index (χ4v) is 3.93. The third kappa shape index (κ3) is 4.03. The minimum atomic E-state index is -0.133. The van der Waals surface area contributed by atoms with Crippen LogP contribution in [0.25, 0.3) is 0 Å². The van der Waals surface area contributed by atoms with E-state index in [2.05, 4.69) is 4.98 Å². The first-order valence-electron chi connectivity index (χ1n) is 9.91. The van der Waals surface area contributed by atoms with Crippen LogP contribution in [0.4, 0.5) is 0 Å². The molecule has 1 atom stereocenters. The van der Waals surface area contributed by atoms with Gasteiger partial charge in [-0.1, -0.05) is 12.1 Å². The lowest BCUT2D eigenvalue weighted by atomic mass is 9.98. The summed E-state index contributed by atoms with van der Waals surface area (Å²) in [4.78, 5) is 32.7. The number of benzene rings is 1. The molecule has 2 aliphatic rings. The molecular weight excluding hydrogens is 358 g/mol. The first-order valence-corrected chi connectivity index (χ1v) is 9.91. The van der Waals surface area contributed by atoms with Crippen molar-refractivity contribution in [1.82, 2.24) is 14.8 Å². The number of likely N-dealkylation sites (tertiary alicyclic amines) is 2. The Bertz CT molecular complexity index is 815. The second-order valence-electron chi connectivity index (χ2n) is 7.43. The zero-order chi connectivity index (χ0) is 19.3. The largest absolute Gasteiger partial charge is 0.492 e. The molecule has 3 heterocycles. The maximum absolute atomic E-state index is 12.8. The van der Waals surface area contributed by atoms with E-state index in [1.165, 1.54) is 12.6 Å². The lowest BCUT2D eigenvalue weighted by Gasteiger charge is -2.32. The minimum Gasteiger partial charge on any atom is -0.492 e. The molecule has 2 fully saturated rings. The highest BCUT2D eigenvalue weighted by Crippen LogP contribution is 2.25. The Morgan fingerprint density at radius 1 is 1.07 bits per heavy atom. The molecule has 2 aliphatic heterocycles. The van der Waals surface area contributed by atoms with Gasteiger partial charge in [0.1, 0.15) is 5.75 Å². The molecule has 7 heteroatoms. The summed E-state index contributed by atoms with van der Waals surface area (Å²) in [5.74, 6) is 1.02. The van der Waals surface area contributed by atoms with E-state index in [1.807, 2.05) is 29.2 Å². The highest BCUT2D eigenvalue weighted by atomic mass is 16.5. The van der Waals surface area contributed by atoms with Gasteiger partial charge in [-0.15, -0.1) is 0 Å². The lowest BCUT2D eigenvalue weighted by molar-refractivity contribution is 0.0601. The summed E-state index contributed by atoms with van der Waals surface area (Å²) in [6.45, 7) is 3.43. The first kappa shape index (κ1) is 18.5. The maximum Gasteiger partial charge on any atom is 0.291 e. The van der Waals surface area contributed by atoms with Crippen LogP contribution in [0, 0.1) is 5.92 Å². The molecule has 2 amide bonds. The third-order valence-electron chi connectivity index (χ3n) is 5.43. The molecule has 0 bridgehead atoms. The van der Waals surface area contributed by atoms with Gasteiger partial charge in [0.25, 0.3) is 11.8 Å². The summed E-state index contributed by atoms with van der Waals surface area (Å²) in [5, 5.41) is 0. The van der Waals surface area contributed by atoms with E-state index in [-0.39, 0.29) is 23.5 Å². The van der Waals surface area contributed by atoms with E-state index in [9.17, 15) is 9.59 Å². The topological polar surface area (TPSA) is 75.9 Å². The molecule has 0 saturated carbocycles. The first-order chi connectivity index (χ1) is 13.7. The van der Waals surface area contributed by atoms with E-state index in [0.717, 1.165) is 38.8 Å². The second kappa shape index (κ2) is 8.46. The molecule has 1 unspecified atom stereocenters. The van der Waals surface area contributed by atoms with Crippen LogP contribution in [-0.2, 0) is 0 Å². The van der Waals surface area contributed by atoms with Gasteiger partial charge in [0, 0.05) is 32.1 Å². The van der Waals surface area contributed by atoms with Gasteiger partial charge in [0.2, 0.25) is 5.76 Å². The predicted octanol–water partition coefficient (Wildman–Crippen LogP) is 2.84. The van der Waals surface area contributed by atoms with Gasteiger partial charge in [-0.3, -0.25) is 9.59 Å². The summed E-state index contributed by atoms with van der Waals surface area (Å²) in [6, 6.07) is 7.44. The van der Waals surface area contributed by atoms with Crippen LogP contribution in [0.5, 0.6) is 5.75 Å². The monoisotopic (exact) mass is 383 g/mol. The van der Waals surface area contributed by atoms with Crippen molar-refractivity contribution in [2.24, 2.45) is 5.92 Å². The molecule has 148 valence electrons. The van der Waals surface area contributed by atoms with E-state index in [0.29, 0.717) is 31.0 Å². The molecule has 0 spiro atoms. The van der Waals surface area contributed by atoms with E-state index >= 15 is 0 Å². The van der Waals surface area contributed by atoms with Crippen LogP contribution >= 0.6 is 0 Å². The van der Waals surface area contributed by atoms with Crippen molar-refractivity contribution in [1.29, 1.82) is 0 Å². The number of hydrogen-bond donors (Lipinski definition) is 0. The number of oxazole rings is 1.